The highest BCUT2D eigenvalue weighted by molar-refractivity contribution is 5.98. The van der Waals surface area contributed by atoms with Gasteiger partial charge in [-0.3, -0.25) is 4.79 Å². The first-order valence-corrected chi connectivity index (χ1v) is 6.10. The lowest BCUT2D eigenvalue weighted by Gasteiger charge is -2.25. The lowest BCUT2D eigenvalue weighted by atomic mass is 10.1. The van der Waals surface area contributed by atoms with Gasteiger partial charge in [-0.2, -0.15) is 0 Å². The Kier molecular flexibility index (Phi) is 4.17. The second-order valence-corrected chi connectivity index (χ2v) is 4.34. The number of anilines is 1. The first kappa shape index (κ1) is 12.9. The van der Waals surface area contributed by atoms with E-state index in [0.29, 0.717) is 12.1 Å². The molecular weight excluding hydrogens is 232 g/mol. The number of hydrogen-bond acceptors (Lipinski definition) is 5. The van der Waals surface area contributed by atoms with Gasteiger partial charge in [0.15, 0.2) is 5.78 Å². The predicted octanol–water partition coefficient (Wildman–Crippen LogP) is 0.644. The zero-order chi connectivity index (χ0) is 13.0. The Hall–Kier alpha value is -1.59. The lowest BCUT2D eigenvalue weighted by Crippen LogP contribution is -2.28. The monoisotopic (exact) mass is 250 g/mol. The maximum Gasteiger partial charge on any atom is 0.176 e. The highest BCUT2D eigenvalue weighted by atomic mass is 16.5. The van der Waals surface area contributed by atoms with Crippen LogP contribution in [0.3, 0.4) is 0 Å². The quantitative estimate of drug-likeness (QED) is 0.528. The molecule has 2 rings (SSSR count). The average Bonchev–Trinajstić information content (AvgIpc) is 2.38. The number of rotatable bonds is 5. The first-order chi connectivity index (χ1) is 8.70. The zero-order valence-electron chi connectivity index (χ0n) is 10.4. The van der Waals surface area contributed by atoms with E-state index in [9.17, 15) is 4.79 Å². The molecule has 5 nitrogen and oxygen atoms in total. The average molecular weight is 250 g/mol. The van der Waals surface area contributed by atoms with Crippen LogP contribution in [0.2, 0.25) is 0 Å². The number of aliphatic hydroxyl groups excluding tert-OH is 1. The molecule has 1 aliphatic rings. The van der Waals surface area contributed by atoms with Crippen molar-refractivity contribution >= 4 is 11.5 Å². The molecule has 3 N–H and O–H groups in total. The molecule has 0 aliphatic carbocycles. The van der Waals surface area contributed by atoms with Crippen LogP contribution >= 0.6 is 0 Å². The van der Waals surface area contributed by atoms with E-state index in [4.69, 9.17) is 9.84 Å². The molecule has 18 heavy (non-hydrogen) atoms. The minimum Gasteiger partial charge on any atom is -0.487 e. The SMILES string of the molecule is CC1CNc2cc(C(=O)CNCCO)ccc2O1. The Morgan fingerprint density at radius 2 is 2.44 bits per heavy atom. The number of fused-ring (bicyclic) bond motifs is 1. The number of ketones is 1. The molecule has 0 radical (unpaired) electrons. The third-order valence-corrected chi connectivity index (χ3v) is 2.78. The number of ether oxygens (including phenoxy) is 1. The summed E-state index contributed by atoms with van der Waals surface area (Å²) in [5.41, 5.74) is 1.51. The van der Waals surface area contributed by atoms with E-state index in [1.807, 2.05) is 19.1 Å². The molecule has 1 atom stereocenters. The minimum atomic E-state index is 0.00618. The van der Waals surface area contributed by atoms with Crippen LogP contribution in [0.4, 0.5) is 5.69 Å². The summed E-state index contributed by atoms with van der Waals surface area (Å²) < 4.78 is 5.64. The van der Waals surface area contributed by atoms with E-state index in [1.54, 1.807) is 6.07 Å². The van der Waals surface area contributed by atoms with Gasteiger partial charge in [0.1, 0.15) is 11.9 Å². The molecule has 1 unspecified atom stereocenters. The van der Waals surface area contributed by atoms with Gasteiger partial charge in [0.25, 0.3) is 0 Å². The van der Waals surface area contributed by atoms with Gasteiger partial charge in [-0.25, -0.2) is 0 Å². The smallest absolute Gasteiger partial charge is 0.176 e. The topological polar surface area (TPSA) is 70.6 Å². The van der Waals surface area contributed by atoms with Crippen molar-refractivity contribution in [2.24, 2.45) is 0 Å². The summed E-state index contributed by atoms with van der Waals surface area (Å²) in [5.74, 6) is 0.792. The third-order valence-electron chi connectivity index (χ3n) is 2.78. The predicted molar refractivity (Wildman–Crippen MR) is 69.3 cm³/mol. The maximum absolute atomic E-state index is 11.9. The second-order valence-electron chi connectivity index (χ2n) is 4.34. The van der Waals surface area contributed by atoms with Crippen molar-refractivity contribution in [3.05, 3.63) is 23.8 Å². The normalized spacial score (nSPS) is 17.6. The van der Waals surface area contributed by atoms with Crippen LogP contribution in [0, 0.1) is 0 Å². The van der Waals surface area contributed by atoms with Crippen LogP contribution in [0.5, 0.6) is 5.75 Å². The molecule has 5 heteroatoms. The Morgan fingerprint density at radius 1 is 1.61 bits per heavy atom. The minimum absolute atomic E-state index is 0.00618. The molecule has 0 bridgehead atoms. The van der Waals surface area contributed by atoms with Crippen molar-refractivity contribution in [1.29, 1.82) is 0 Å². The molecule has 0 aromatic heterocycles. The zero-order valence-corrected chi connectivity index (χ0v) is 10.4. The van der Waals surface area contributed by atoms with Gasteiger partial charge < -0.3 is 20.5 Å². The van der Waals surface area contributed by atoms with Crippen molar-refractivity contribution in [2.45, 2.75) is 13.0 Å². The first-order valence-electron chi connectivity index (χ1n) is 6.10. The second kappa shape index (κ2) is 5.84. The molecule has 0 saturated carbocycles. The van der Waals surface area contributed by atoms with Gasteiger partial charge in [-0.05, 0) is 25.1 Å². The van der Waals surface area contributed by atoms with Crippen molar-refractivity contribution in [3.63, 3.8) is 0 Å². The molecule has 1 aromatic rings. The molecular formula is C13H18N2O3. The summed E-state index contributed by atoms with van der Waals surface area (Å²) >= 11 is 0. The van der Waals surface area contributed by atoms with E-state index in [-0.39, 0.29) is 25.0 Å². The standard InChI is InChI=1S/C13H18N2O3/c1-9-7-15-11-6-10(2-3-13(11)18-9)12(17)8-14-4-5-16/h2-3,6,9,14-16H,4-5,7-8H2,1H3. The molecule has 0 fully saturated rings. The molecule has 0 amide bonds. The van der Waals surface area contributed by atoms with E-state index in [0.717, 1.165) is 18.0 Å². The molecule has 1 heterocycles. The van der Waals surface area contributed by atoms with Gasteiger partial charge in [-0.15, -0.1) is 0 Å². The molecule has 0 saturated heterocycles. The highest BCUT2D eigenvalue weighted by Crippen LogP contribution is 2.29. The number of carbonyl (C=O) groups is 1. The highest BCUT2D eigenvalue weighted by Gasteiger charge is 2.16. The number of benzene rings is 1. The van der Waals surface area contributed by atoms with Gasteiger partial charge in [0.2, 0.25) is 0 Å². The summed E-state index contributed by atoms with van der Waals surface area (Å²) in [5, 5.41) is 14.7. The molecule has 1 aromatic carbocycles. The van der Waals surface area contributed by atoms with E-state index in [1.165, 1.54) is 0 Å². The van der Waals surface area contributed by atoms with Gasteiger partial charge in [0, 0.05) is 12.1 Å². The van der Waals surface area contributed by atoms with Crippen LogP contribution in [0.25, 0.3) is 0 Å². The number of Topliss-reactive ketones (excluding diaryl/α,β-unsaturated/α-hetero) is 1. The Labute approximate surface area is 106 Å². The fourth-order valence-corrected chi connectivity index (χ4v) is 1.84. The Bertz CT molecular complexity index is 434. The van der Waals surface area contributed by atoms with Crippen LogP contribution in [-0.4, -0.2) is 43.2 Å². The Morgan fingerprint density at radius 3 is 3.22 bits per heavy atom. The fraction of sp³-hybridized carbons (Fsp3) is 0.462. The van der Waals surface area contributed by atoms with Crippen molar-refractivity contribution in [2.75, 3.05) is 31.6 Å². The largest absolute Gasteiger partial charge is 0.487 e. The van der Waals surface area contributed by atoms with Crippen LogP contribution in [-0.2, 0) is 0 Å². The molecule has 1 aliphatic heterocycles. The number of nitrogens with one attached hydrogen (secondary N) is 2. The summed E-state index contributed by atoms with van der Waals surface area (Å²) in [6.45, 7) is 3.43. The van der Waals surface area contributed by atoms with Gasteiger partial charge in [-0.1, -0.05) is 0 Å². The summed E-state index contributed by atoms with van der Waals surface area (Å²) in [4.78, 5) is 11.9. The van der Waals surface area contributed by atoms with E-state index < -0.39 is 0 Å². The fourth-order valence-electron chi connectivity index (χ4n) is 1.84. The third kappa shape index (κ3) is 3.00. The van der Waals surface area contributed by atoms with Crippen LogP contribution < -0.4 is 15.4 Å². The summed E-state index contributed by atoms with van der Waals surface area (Å²) in [7, 11) is 0. The van der Waals surface area contributed by atoms with Crippen molar-refractivity contribution in [1.82, 2.24) is 5.32 Å². The van der Waals surface area contributed by atoms with Gasteiger partial charge in [0.05, 0.1) is 25.4 Å². The van der Waals surface area contributed by atoms with E-state index in [2.05, 4.69) is 10.6 Å². The van der Waals surface area contributed by atoms with Gasteiger partial charge >= 0.3 is 0 Å². The van der Waals surface area contributed by atoms with Crippen LogP contribution in [0.15, 0.2) is 18.2 Å². The summed E-state index contributed by atoms with van der Waals surface area (Å²) in [6, 6.07) is 5.39. The van der Waals surface area contributed by atoms with Crippen LogP contribution in [0.1, 0.15) is 17.3 Å². The maximum atomic E-state index is 11.9. The number of hydrogen-bond donors (Lipinski definition) is 3. The lowest BCUT2D eigenvalue weighted by molar-refractivity contribution is 0.0989. The number of carbonyl (C=O) groups excluding carboxylic acids is 1. The molecule has 0 spiro atoms. The number of aliphatic hydroxyl groups is 1. The molecule has 98 valence electrons. The van der Waals surface area contributed by atoms with E-state index >= 15 is 0 Å². The van der Waals surface area contributed by atoms with Crippen molar-refractivity contribution in [3.8, 4) is 5.75 Å². The summed E-state index contributed by atoms with van der Waals surface area (Å²) in [6.07, 6.45) is 0.144. The Balaban J connectivity index is 2.04. The van der Waals surface area contributed by atoms with Crippen molar-refractivity contribution < 1.29 is 14.6 Å².